The fourth-order valence-electron chi connectivity index (χ4n) is 1.10. The second-order valence-electron chi connectivity index (χ2n) is 3.21. The first-order chi connectivity index (χ1) is 7.75. The molecule has 2 N–H and O–H groups in total. The van der Waals surface area contributed by atoms with Crippen LogP contribution in [-0.2, 0) is 10.0 Å². The van der Waals surface area contributed by atoms with Gasteiger partial charge >= 0.3 is 0 Å². The normalized spacial score (nSPS) is 12.4. The van der Waals surface area contributed by atoms with E-state index < -0.39 is 23.0 Å². The van der Waals surface area contributed by atoms with Gasteiger partial charge < -0.3 is 5.73 Å². The number of hydrogen-bond donors (Lipinski definition) is 1. The van der Waals surface area contributed by atoms with E-state index in [-0.39, 0.29) is 10.7 Å². The quantitative estimate of drug-likeness (QED) is 0.903. The number of halogens is 3. The second kappa shape index (κ2) is 5.23. The molecule has 0 aliphatic heterocycles. The maximum absolute atomic E-state index is 12.1. The Kier molecular flexibility index (Phi) is 4.39. The molecule has 0 radical (unpaired) electrons. The van der Waals surface area contributed by atoms with Gasteiger partial charge in [0.05, 0.1) is 6.54 Å². The smallest absolute Gasteiger partial charge is 0.252 e. The summed E-state index contributed by atoms with van der Waals surface area (Å²) < 4.78 is 49.0. The van der Waals surface area contributed by atoms with Crippen LogP contribution in [0.1, 0.15) is 0 Å². The Morgan fingerprint density at radius 3 is 2.71 bits per heavy atom. The van der Waals surface area contributed by atoms with Gasteiger partial charge in [0, 0.05) is 17.7 Å². The van der Waals surface area contributed by atoms with Crippen LogP contribution in [0.15, 0.2) is 21.6 Å². The Morgan fingerprint density at radius 2 is 2.18 bits per heavy atom. The molecule has 1 heterocycles. The Hall–Kier alpha value is -0.800. The molecule has 0 aliphatic rings. The summed E-state index contributed by atoms with van der Waals surface area (Å²) in [5.74, 6) is -0.227. The third-order valence-electron chi connectivity index (χ3n) is 1.93. The number of hydrogen-bond acceptors (Lipinski definition) is 4. The van der Waals surface area contributed by atoms with Crippen molar-refractivity contribution in [3.63, 3.8) is 0 Å². The molecule has 0 aromatic carbocycles. The van der Waals surface area contributed by atoms with Gasteiger partial charge in [-0.1, -0.05) is 0 Å². The molecule has 0 unspecified atom stereocenters. The summed E-state index contributed by atoms with van der Waals surface area (Å²) in [5, 5.41) is 0. The average molecular weight is 330 g/mol. The number of nitrogen functional groups attached to an aromatic ring is 1. The van der Waals surface area contributed by atoms with Crippen molar-refractivity contribution in [2.45, 2.75) is 11.3 Å². The summed E-state index contributed by atoms with van der Waals surface area (Å²) in [7, 11) is -2.99. The number of anilines is 1. The summed E-state index contributed by atoms with van der Waals surface area (Å²) in [6.07, 6.45) is -1.43. The van der Waals surface area contributed by atoms with Crippen LogP contribution in [0.2, 0.25) is 0 Å². The Balaban J connectivity index is 3.17. The highest BCUT2D eigenvalue weighted by Gasteiger charge is 2.26. The molecule has 9 heteroatoms. The summed E-state index contributed by atoms with van der Waals surface area (Å²) >= 11 is 3.04. The van der Waals surface area contributed by atoms with Crippen LogP contribution in [0, 0.1) is 0 Å². The fraction of sp³-hybridized carbons (Fsp3) is 0.375. The topological polar surface area (TPSA) is 76.3 Å². The van der Waals surface area contributed by atoms with E-state index in [1.165, 1.54) is 12.3 Å². The van der Waals surface area contributed by atoms with E-state index in [0.29, 0.717) is 8.78 Å². The summed E-state index contributed by atoms with van der Waals surface area (Å²) in [6.45, 7) is -0.895. The van der Waals surface area contributed by atoms with E-state index in [0.717, 1.165) is 7.05 Å². The maximum atomic E-state index is 12.1. The molecular weight excluding hydrogens is 320 g/mol. The lowest BCUT2D eigenvalue weighted by atomic mass is 10.5. The van der Waals surface area contributed by atoms with E-state index >= 15 is 0 Å². The van der Waals surface area contributed by atoms with Gasteiger partial charge in [-0.05, 0) is 22.0 Å². The van der Waals surface area contributed by atoms with Crippen LogP contribution in [0.25, 0.3) is 0 Å². The minimum absolute atomic E-state index is 0.227. The van der Waals surface area contributed by atoms with Crippen LogP contribution in [0.4, 0.5) is 14.6 Å². The Labute approximate surface area is 106 Å². The van der Waals surface area contributed by atoms with E-state index in [2.05, 4.69) is 20.9 Å². The van der Waals surface area contributed by atoms with Gasteiger partial charge in [-0.2, -0.15) is 4.31 Å². The summed E-state index contributed by atoms with van der Waals surface area (Å²) in [6, 6.07) is 1.22. The molecule has 17 heavy (non-hydrogen) atoms. The van der Waals surface area contributed by atoms with Crippen LogP contribution in [0.3, 0.4) is 0 Å². The molecule has 0 aliphatic carbocycles. The number of sulfonamides is 1. The minimum Gasteiger partial charge on any atom is -0.383 e. The number of alkyl halides is 2. The molecule has 96 valence electrons. The van der Waals surface area contributed by atoms with E-state index in [1.54, 1.807) is 0 Å². The van der Waals surface area contributed by atoms with Gasteiger partial charge in [-0.15, -0.1) is 0 Å². The highest BCUT2D eigenvalue weighted by molar-refractivity contribution is 9.10. The molecule has 1 aromatic rings. The van der Waals surface area contributed by atoms with E-state index in [9.17, 15) is 17.2 Å². The van der Waals surface area contributed by atoms with E-state index in [4.69, 9.17) is 5.73 Å². The third-order valence-corrected chi connectivity index (χ3v) is 4.22. The van der Waals surface area contributed by atoms with Crippen LogP contribution in [0.5, 0.6) is 0 Å². The van der Waals surface area contributed by atoms with Gasteiger partial charge in [0.2, 0.25) is 10.0 Å². The van der Waals surface area contributed by atoms with Crippen molar-refractivity contribution in [2.24, 2.45) is 0 Å². The highest BCUT2D eigenvalue weighted by Crippen LogP contribution is 2.23. The first-order valence-corrected chi connectivity index (χ1v) is 6.64. The predicted octanol–water partition coefficient (Wildman–Crippen LogP) is 1.31. The van der Waals surface area contributed by atoms with Gasteiger partial charge in [0.15, 0.2) is 0 Å². The second-order valence-corrected chi connectivity index (χ2v) is 6.14. The standard InChI is InChI=1S/C8H10BrF2N3O2S/c1-14(4-7(10)11)17(15,16)6-2-5(9)3-13-8(6)12/h2-3,7H,4H2,1H3,(H2,12,13). The Morgan fingerprint density at radius 1 is 1.59 bits per heavy atom. The first kappa shape index (κ1) is 14.3. The number of aromatic nitrogens is 1. The molecule has 0 spiro atoms. The molecular formula is C8H10BrF2N3O2S. The molecule has 0 saturated heterocycles. The third kappa shape index (κ3) is 3.33. The van der Waals surface area contributed by atoms with Crippen LogP contribution < -0.4 is 5.73 Å². The molecule has 0 amide bonds. The first-order valence-electron chi connectivity index (χ1n) is 4.40. The molecule has 1 aromatic heterocycles. The van der Waals surface area contributed by atoms with Crippen LogP contribution >= 0.6 is 15.9 Å². The number of nitrogens with zero attached hydrogens (tertiary/aromatic N) is 2. The van der Waals surface area contributed by atoms with Gasteiger partial charge in [-0.3, -0.25) is 0 Å². The lowest BCUT2D eigenvalue weighted by Crippen LogP contribution is -2.32. The monoisotopic (exact) mass is 329 g/mol. The van der Waals surface area contributed by atoms with Crippen molar-refractivity contribution in [3.05, 3.63) is 16.7 Å². The van der Waals surface area contributed by atoms with Crippen molar-refractivity contribution in [2.75, 3.05) is 19.3 Å². The SMILES string of the molecule is CN(CC(F)F)S(=O)(=O)c1cc(Br)cnc1N. The van der Waals surface area contributed by atoms with Crippen molar-refractivity contribution in [3.8, 4) is 0 Å². The van der Waals surface area contributed by atoms with Crippen LogP contribution in [-0.4, -0.2) is 37.7 Å². The molecule has 0 fully saturated rings. The number of pyridine rings is 1. The van der Waals surface area contributed by atoms with Gasteiger partial charge in [0.25, 0.3) is 6.43 Å². The van der Waals surface area contributed by atoms with Gasteiger partial charge in [0.1, 0.15) is 10.7 Å². The highest BCUT2D eigenvalue weighted by atomic mass is 79.9. The zero-order valence-electron chi connectivity index (χ0n) is 8.77. The maximum Gasteiger partial charge on any atom is 0.252 e. The minimum atomic E-state index is -4.05. The summed E-state index contributed by atoms with van der Waals surface area (Å²) in [4.78, 5) is 3.35. The molecule has 0 bridgehead atoms. The zero-order chi connectivity index (χ0) is 13.2. The largest absolute Gasteiger partial charge is 0.383 e. The average Bonchev–Trinajstić information content (AvgIpc) is 2.20. The lowest BCUT2D eigenvalue weighted by molar-refractivity contribution is 0.126. The summed E-state index contributed by atoms with van der Waals surface area (Å²) in [5.41, 5.74) is 5.42. The lowest BCUT2D eigenvalue weighted by Gasteiger charge is -2.17. The fourth-order valence-corrected chi connectivity index (χ4v) is 2.82. The Bertz CT molecular complexity index is 509. The van der Waals surface area contributed by atoms with Crippen molar-refractivity contribution in [1.82, 2.24) is 9.29 Å². The number of nitrogens with two attached hydrogens (primary N) is 1. The predicted molar refractivity (Wildman–Crippen MR) is 62.2 cm³/mol. The number of rotatable bonds is 4. The molecule has 0 atom stereocenters. The molecule has 1 rings (SSSR count). The molecule has 5 nitrogen and oxygen atoms in total. The van der Waals surface area contributed by atoms with Crippen molar-refractivity contribution in [1.29, 1.82) is 0 Å². The molecule has 0 saturated carbocycles. The van der Waals surface area contributed by atoms with Crippen molar-refractivity contribution >= 4 is 31.8 Å². The van der Waals surface area contributed by atoms with Crippen molar-refractivity contribution < 1.29 is 17.2 Å². The van der Waals surface area contributed by atoms with Gasteiger partial charge in [-0.25, -0.2) is 22.2 Å². The zero-order valence-corrected chi connectivity index (χ0v) is 11.2. The van der Waals surface area contributed by atoms with E-state index in [1.807, 2.05) is 0 Å².